The van der Waals surface area contributed by atoms with Gasteiger partial charge in [0.1, 0.15) is 6.04 Å². The smallest absolute Gasteiger partial charge is 0.330 e. The highest BCUT2D eigenvalue weighted by Crippen LogP contribution is 2.15. The average Bonchev–Trinajstić information content (AvgIpc) is 2.57. The van der Waals surface area contributed by atoms with E-state index in [1.54, 1.807) is 13.8 Å². The van der Waals surface area contributed by atoms with Crippen LogP contribution in [0.5, 0.6) is 0 Å². The van der Waals surface area contributed by atoms with Crippen molar-refractivity contribution in [1.82, 2.24) is 5.06 Å². The fourth-order valence-electron chi connectivity index (χ4n) is 1.31. The molecule has 0 aromatic rings. The van der Waals surface area contributed by atoms with Gasteiger partial charge < -0.3 is 4.84 Å². The molecular formula is C9H12N4O4. The molecule has 2 amide bonds. The second-order valence-electron chi connectivity index (χ2n) is 3.89. The van der Waals surface area contributed by atoms with E-state index in [4.69, 9.17) is 5.53 Å². The van der Waals surface area contributed by atoms with E-state index < -0.39 is 23.8 Å². The lowest BCUT2D eigenvalue weighted by atomic mass is 10.1. The summed E-state index contributed by atoms with van der Waals surface area (Å²) >= 11 is 0. The SMILES string of the molecule is CC(C)[C@H](N=[N+]=[N-])C(=O)ON1C(=O)CCC1=O. The zero-order chi connectivity index (χ0) is 13.0. The molecule has 0 aliphatic carbocycles. The minimum absolute atomic E-state index is 0.0278. The molecular weight excluding hydrogens is 228 g/mol. The first-order valence-corrected chi connectivity index (χ1v) is 5.09. The number of nitrogens with zero attached hydrogens (tertiary/aromatic N) is 4. The fourth-order valence-corrected chi connectivity index (χ4v) is 1.31. The van der Waals surface area contributed by atoms with Crippen molar-refractivity contribution in [3.63, 3.8) is 0 Å². The minimum Gasteiger partial charge on any atom is -0.330 e. The molecule has 0 unspecified atom stereocenters. The Labute approximate surface area is 97.1 Å². The molecule has 1 aliphatic heterocycles. The molecule has 0 saturated carbocycles. The van der Waals surface area contributed by atoms with E-state index in [2.05, 4.69) is 14.9 Å². The van der Waals surface area contributed by atoms with Crippen LogP contribution in [-0.2, 0) is 19.2 Å². The topological polar surface area (TPSA) is 112 Å². The molecule has 1 heterocycles. The Morgan fingerprint density at radius 2 is 1.94 bits per heavy atom. The van der Waals surface area contributed by atoms with Crippen LogP contribution < -0.4 is 0 Å². The molecule has 0 aromatic carbocycles. The maximum atomic E-state index is 11.6. The highest BCUT2D eigenvalue weighted by Gasteiger charge is 2.35. The van der Waals surface area contributed by atoms with Gasteiger partial charge in [0.25, 0.3) is 11.8 Å². The number of rotatable bonds is 4. The summed E-state index contributed by atoms with van der Waals surface area (Å²) in [6.45, 7) is 3.32. The number of carbonyl (C=O) groups excluding carboxylic acids is 3. The lowest BCUT2D eigenvalue weighted by Gasteiger charge is -2.17. The summed E-state index contributed by atoms with van der Waals surface area (Å²) < 4.78 is 0. The summed E-state index contributed by atoms with van der Waals surface area (Å²) in [5, 5.41) is 3.71. The van der Waals surface area contributed by atoms with Crippen LogP contribution in [0.25, 0.3) is 10.4 Å². The molecule has 17 heavy (non-hydrogen) atoms. The largest absolute Gasteiger partial charge is 0.342 e. The predicted molar refractivity (Wildman–Crippen MR) is 55.0 cm³/mol. The molecule has 1 atom stereocenters. The molecule has 0 spiro atoms. The summed E-state index contributed by atoms with van der Waals surface area (Å²) in [5.41, 5.74) is 8.30. The van der Waals surface area contributed by atoms with Crippen molar-refractivity contribution in [3.8, 4) is 0 Å². The maximum Gasteiger partial charge on any atom is 0.342 e. The van der Waals surface area contributed by atoms with Crippen LogP contribution in [0.4, 0.5) is 0 Å². The lowest BCUT2D eigenvalue weighted by molar-refractivity contribution is -0.199. The second-order valence-corrected chi connectivity index (χ2v) is 3.89. The van der Waals surface area contributed by atoms with Crippen LogP contribution in [-0.4, -0.2) is 28.9 Å². The number of hydroxylamine groups is 2. The molecule has 1 fully saturated rings. The highest BCUT2D eigenvalue weighted by atomic mass is 16.7. The molecule has 8 heteroatoms. The molecule has 0 aromatic heterocycles. The number of amides is 2. The van der Waals surface area contributed by atoms with Crippen LogP contribution in [0, 0.1) is 5.92 Å². The van der Waals surface area contributed by atoms with Crippen LogP contribution in [0.1, 0.15) is 26.7 Å². The molecule has 92 valence electrons. The average molecular weight is 240 g/mol. The summed E-state index contributed by atoms with van der Waals surface area (Å²) in [6.07, 6.45) is 0.0555. The van der Waals surface area contributed by atoms with Crippen LogP contribution >= 0.6 is 0 Å². The van der Waals surface area contributed by atoms with Crippen molar-refractivity contribution in [1.29, 1.82) is 0 Å². The van der Waals surface area contributed by atoms with Crippen molar-refractivity contribution in [2.45, 2.75) is 32.7 Å². The third-order valence-electron chi connectivity index (χ3n) is 2.24. The highest BCUT2D eigenvalue weighted by molar-refractivity contribution is 6.01. The number of hydrogen-bond donors (Lipinski definition) is 0. The Balaban J connectivity index is 2.73. The molecule has 1 saturated heterocycles. The van der Waals surface area contributed by atoms with Gasteiger partial charge >= 0.3 is 5.97 Å². The summed E-state index contributed by atoms with van der Waals surface area (Å²) in [4.78, 5) is 41.1. The quantitative estimate of drug-likeness (QED) is 0.314. The standard InChI is InChI=1S/C9H12N4O4/c1-5(2)8(11-12-10)9(16)17-13-6(14)3-4-7(13)15/h5,8H,3-4H2,1-2H3/t8-/m0/s1. The van der Waals surface area contributed by atoms with Gasteiger partial charge in [-0.2, -0.15) is 0 Å². The van der Waals surface area contributed by atoms with Crippen molar-refractivity contribution in [3.05, 3.63) is 10.4 Å². The van der Waals surface area contributed by atoms with Crippen molar-refractivity contribution < 1.29 is 19.2 Å². The van der Waals surface area contributed by atoms with Crippen molar-refractivity contribution >= 4 is 17.8 Å². The normalized spacial score (nSPS) is 17.0. The van der Waals surface area contributed by atoms with Gasteiger partial charge in [0.05, 0.1) is 0 Å². The van der Waals surface area contributed by atoms with E-state index in [-0.39, 0.29) is 18.8 Å². The number of azide groups is 1. The van der Waals surface area contributed by atoms with E-state index in [1.807, 2.05) is 0 Å². The van der Waals surface area contributed by atoms with Crippen molar-refractivity contribution in [2.24, 2.45) is 11.0 Å². The van der Waals surface area contributed by atoms with Gasteiger partial charge in [0.15, 0.2) is 0 Å². The Morgan fingerprint density at radius 3 is 2.35 bits per heavy atom. The Kier molecular flexibility index (Phi) is 4.06. The first kappa shape index (κ1) is 13.0. The summed E-state index contributed by atoms with van der Waals surface area (Å²) in [5.74, 6) is -2.31. The van der Waals surface area contributed by atoms with Crippen LogP contribution in [0.15, 0.2) is 5.11 Å². The molecule has 1 aliphatic rings. The zero-order valence-corrected chi connectivity index (χ0v) is 9.49. The van der Waals surface area contributed by atoms with E-state index in [1.165, 1.54) is 0 Å². The number of hydrogen-bond acceptors (Lipinski definition) is 5. The number of imide groups is 1. The monoisotopic (exact) mass is 240 g/mol. The second kappa shape index (κ2) is 5.31. The van der Waals surface area contributed by atoms with Crippen LogP contribution in [0.2, 0.25) is 0 Å². The van der Waals surface area contributed by atoms with Gasteiger partial charge in [0.2, 0.25) is 0 Å². The van der Waals surface area contributed by atoms with Gasteiger partial charge in [-0.05, 0) is 11.4 Å². The molecule has 8 nitrogen and oxygen atoms in total. The molecule has 0 N–H and O–H groups in total. The van der Waals surface area contributed by atoms with Gasteiger partial charge in [0, 0.05) is 17.8 Å². The van der Waals surface area contributed by atoms with Gasteiger partial charge in [-0.3, -0.25) is 9.59 Å². The Morgan fingerprint density at radius 1 is 1.41 bits per heavy atom. The van der Waals surface area contributed by atoms with Gasteiger partial charge in [-0.1, -0.05) is 19.0 Å². The first-order chi connectivity index (χ1) is 7.97. The maximum absolute atomic E-state index is 11.6. The van der Waals surface area contributed by atoms with E-state index in [0.29, 0.717) is 5.06 Å². The van der Waals surface area contributed by atoms with Crippen molar-refractivity contribution in [2.75, 3.05) is 0 Å². The molecule has 1 rings (SSSR count). The minimum atomic E-state index is -1.05. The number of carbonyl (C=O) groups is 3. The van der Waals surface area contributed by atoms with E-state index in [0.717, 1.165) is 0 Å². The first-order valence-electron chi connectivity index (χ1n) is 5.09. The van der Waals surface area contributed by atoms with E-state index in [9.17, 15) is 14.4 Å². The third-order valence-corrected chi connectivity index (χ3v) is 2.24. The Hall–Kier alpha value is -2.08. The zero-order valence-electron chi connectivity index (χ0n) is 9.49. The molecule has 0 radical (unpaired) electrons. The predicted octanol–water partition coefficient (Wildman–Crippen LogP) is 0.929. The summed E-state index contributed by atoms with van der Waals surface area (Å²) in [6, 6.07) is -1.05. The van der Waals surface area contributed by atoms with Crippen LogP contribution in [0.3, 0.4) is 0 Å². The third kappa shape index (κ3) is 2.94. The summed E-state index contributed by atoms with van der Waals surface area (Å²) in [7, 11) is 0. The van der Waals surface area contributed by atoms with Gasteiger partial charge in [-0.25, -0.2) is 4.79 Å². The fraction of sp³-hybridized carbons (Fsp3) is 0.667. The Bertz CT molecular complexity index is 384. The van der Waals surface area contributed by atoms with E-state index >= 15 is 0 Å². The molecule has 0 bridgehead atoms. The lowest BCUT2D eigenvalue weighted by Crippen LogP contribution is -2.37. The van der Waals surface area contributed by atoms with Gasteiger partial charge in [-0.15, -0.1) is 5.06 Å².